The van der Waals surface area contributed by atoms with Crippen molar-refractivity contribution in [1.82, 2.24) is 4.98 Å². The third-order valence-electron chi connectivity index (χ3n) is 4.07. The third kappa shape index (κ3) is 4.04. The summed E-state index contributed by atoms with van der Waals surface area (Å²) in [5.41, 5.74) is 3.51. The Morgan fingerprint density at radius 3 is 2.32 bits per heavy atom. The second kappa shape index (κ2) is 7.04. The third-order valence-corrected chi connectivity index (χ3v) is 6.09. The van der Waals surface area contributed by atoms with Gasteiger partial charge >= 0.3 is 0 Å². The minimum absolute atomic E-state index is 0.595. The number of benzene rings is 2. The quantitative estimate of drug-likeness (QED) is 0.640. The molecule has 3 aromatic rings. The minimum atomic E-state index is -1.80. The Morgan fingerprint density at radius 2 is 1.72 bits per heavy atom. The lowest BCUT2D eigenvalue weighted by Crippen LogP contribution is -2.40. The maximum Gasteiger partial charge on any atom is 0.0991 e. The number of nitrogens with zero attached hydrogens (tertiary/aromatic N) is 2. The molecule has 124 valence electrons. The smallest absolute Gasteiger partial charge is 0.0991 e. The SMILES string of the molecule is [2H]C([2H])(c1ccccc1)c1cc(-c2ccc(C#N)cc2)ncc1[Si](C)(C)C. The van der Waals surface area contributed by atoms with E-state index in [2.05, 4.69) is 30.7 Å². The molecule has 3 heteroatoms. The molecule has 25 heavy (non-hydrogen) atoms. The Bertz CT molecular complexity index is 986. The van der Waals surface area contributed by atoms with E-state index >= 15 is 0 Å². The second-order valence-electron chi connectivity index (χ2n) is 7.05. The first-order chi connectivity index (χ1) is 12.7. The molecule has 0 spiro atoms. The van der Waals surface area contributed by atoms with Gasteiger partial charge < -0.3 is 0 Å². The van der Waals surface area contributed by atoms with E-state index in [4.69, 9.17) is 8.00 Å². The zero-order valence-corrected chi connectivity index (χ0v) is 15.7. The second-order valence-corrected chi connectivity index (χ2v) is 12.1. The van der Waals surface area contributed by atoms with Crippen LogP contribution in [0.1, 0.15) is 19.4 Å². The van der Waals surface area contributed by atoms with Gasteiger partial charge in [-0.15, -0.1) is 0 Å². The Kier molecular flexibility index (Phi) is 4.12. The average Bonchev–Trinajstić information content (AvgIpc) is 2.67. The molecular weight excluding hydrogens is 320 g/mol. The van der Waals surface area contributed by atoms with Crippen molar-refractivity contribution < 1.29 is 2.74 Å². The molecule has 0 saturated carbocycles. The van der Waals surface area contributed by atoms with E-state index in [0.29, 0.717) is 16.7 Å². The van der Waals surface area contributed by atoms with Crippen molar-refractivity contribution in [1.29, 1.82) is 5.26 Å². The molecule has 0 unspecified atom stereocenters. The van der Waals surface area contributed by atoms with E-state index in [-0.39, 0.29) is 0 Å². The lowest BCUT2D eigenvalue weighted by Gasteiger charge is -2.21. The predicted molar refractivity (Wildman–Crippen MR) is 107 cm³/mol. The lowest BCUT2D eigenvalue weighted by molar-refractivity contribution is 1.18. The number of hydrogen-bond donors (Lipinski definition) is 0. The summed E-state index contributed by atoms with van der Waals surface area (Å²) in [5.74, 6) is 0. The van der Waals surface area contributed by atoms with Crippen LogP contribution in [0.4, 0.5) is 0 Å². The maximum absolute atomic E-state index is 8.99. The highest BCUT2D eigenvalue weighted by Gasteiger charge is 2.21. The summed E-state index contributed by atoms with van der Waals surface area (Å²) in [6.07, 6.45) is 0.233. The monoisotopic (exact) mass is 344 g/mol. The standard InChI is InChI=1S/C22H22N2Si/c1-25(2,3)22-16-24-21(19-11-9-18(15-23)10-12-19)14-20(22)13-17-7-5-4-6-8-17/h4-12,14,16H,13H2,1-3H3/i13D2. The minimum Gasteiger partial charge on any atom is -0.256 e. The normalized spacial score (nSPS) is 12.9. The van der Waals surface area contributed by atoms with Crippen molar-refractivity contribution in [2.24, 2.45) is 0 Å². The van der Waals surface area contributed by atoms with Crippen molar-refractivity contribution in [3.05, 3.63) is 83.6 Å². The molecule has 3 rings (SSSR count). The lowest BCUT2D eigenvalue weighted by atomic mass is 10.0. The van der Waals surface area contributed by atoms with Crippen LogP contribution >= 0.6 is 0 Å². The van der Waals surface area contributed by atoms with Crippen molar-refractivity contribution in [2.45, 2.75) is 26.0 Å². The van der Waals surface area contributed by atoms with Gasteiger partial charge in [0.25, 0.3) is 0 Å². The Balaban J connectivity index is 2.19. The fraction of sp³-hybridized carbons (Fsp3) is 0.182. The van der Waals surface area contributed by atoms with E-state index < -0.39 is 14.4 Å². The van der Waals surface area contributed by atoms with E-state index in [9.17, 15) is 0 Å². The summed E-state index contributed by atoms with van der Waals surface area (Å²) < 4.78 is 17.7. The summed E-state index contributed by atoms with van der Waals surface area (Å²) in [5, 5.41) is 10.0. The van der Waals surface area contributed by atoms with E-state index in [1.807, 2.05) is 54.7 Å². The fourth-order valence-corrected chi connectivity index (χ4v) is 4.10. The zero-order valence-electron chi connectivity index (χ0n) is 16.7. The first-order valence-corrected chi connectivity index (χ1v) is 11.8. The van der Waals surface area contributed by atoms with E-state index in [1.165, 1.54) is 0 Å². The summed E-state index contributed by atoms with van der Waals surface area (Å²) >= 11 is 0. The van der Waals surface area contributed by atoms with Crippen LogP contribution in [-0.2, 0) is 6.37 Å². The molecule has 1 aromatic heterocycles. The van der Waals surface area contributed by atoms with E-state index in [0.717, 1.165) is 16.4 Å². The van der Waals surface area contributed by atoms with Gasteiger partial charge in [-0.05, 0) is 40.9 Å². The largest absolute Gasteiger partial charge is 0.256 e. The van der Waals surface area contributed by atoms with Gasteiger partial charge in [0, 0.05) is 14.5 Å². The van der Waals surface area contributed by atoms with Crippen LogP contribution in [0.5, 0.6) is 0 Å². The molecule has 0 atom stereocenters. The predicted octanol–water partition coefficient (Wildman–Crippen LogP) is 4.76. The number of hydrogen-bond acceptors (Lipinski definition) is 2. The first-order valence-electron chi connectivity index (χ1n) is 9.30. The Morgan fingerprint density at radius 1 is 1.04 bits per heavy atom. The van der Waals surface area contributed by atoms with Crippen LogP contribution < -0.4 is 5.19 Å². The summed E-state index contributed by atoms with van der Waals surface area (Å²) in [4.78, 5) is 4.62. The molecule has 0 N–H and O–H groups in total. The number of aromatic nitrogens is 1. The number of rotatable bonds is 4. The molecule has 0 fully saturated rings. The van der Waals surface area contributed by atoms with Crippen LogP contribution in [0.3, 0.4) is 0 Å². The van der Waals surface area contributed by atoms with Gasteiger partial charge in [0.05, 0.1) is 25.4 Å². The molecule has 2 nitrogen and oxygen atoms in total. The first kappa shape index (κ1) is 14.6. The molecule has 0 amide bonds. The number of pyridine rings is 1. The van der Waals surface area contributed by atoms with Crippen LogP contribution in [0.25, 0.3) is 11.3 Å². The van der Waals surface area contributed by atoms with Gasteiger partial charge in [-0.3, -0.25) is 4.98 Å². The van der Waals surface area contributed by atoms with Gasteiger partial charge in [0.15, 0.2) is 0 Å². The summed E-state index contributed by atoms with van der Waals surface area (Å²) in [6.45, 7) is 6.61. The highest BCUT2D eigenvalue weighted by atomic mass is 28.3. The maximum atomic E-state index is 8.99. The van der Waals surface area contributed by atoms with Gasteiger partial charge in [-0.2, -0.15) is 5.26 Å². The molecule has 0 bridgehead atoms. The highest BCUT2D eigenvalue weighted by molar-refractivity contribution is 6.89. The van der Waals surface area contributed by atoms with Crippen molar-refractivity contribution in [2.75, 3.05) is 0 Å². The molecule has 0 aliphatic rings. The Hall–Kier alpha value is -2.70. The van der Waals surface area contributed by atoms with Gasteiger partial charge in [-0.25, -0.2) is 0 Å². The molecule has 0 radical (unpaired) electrons. The topological polar surface area (TPSA) is 36.7 Å². The zero-order chi connectivity index (χ0) is 19.7. The van der Waals surface area contributed by atoms with Crippen LogP contribution in [0, 0.1) is 11.3 Å². The van der Waals surface area contributed by atoms with Crippen LogP contribution in [0.2, 0.25) is 19.6 Å². The van der Waals surface area contributed by atoms with Gasteiger partial charge in [0.2, 0.25) is 0 Å². The van der Waals surface area contributed by atoms with Crippen LogP contribution in [0.15, 0.2) is 66.9 Å². The Labute approximate surface area is 153 Å². The molecular formula is C22H22N2Si. The van der Waals surface area contributed by atoms with Crippen molar-refractivity contribution in [3.8, 4) is 17.3 Å². The fourth-order valence-electron chi connectivity index (χ4n) is 2.71. The summed E-state index contributed by atoms with van der Waals surface area (Å²) in [7, 11) is -1.80. The van der Waals surface area contributed by atoms with Crippen molar-refractivity contribution in [3.63, 3.8) is 0 Å². The summed E-state index contributed by atoms with van der Waals surface area (Å²) in [6, 6.07) is 20.5. The molecule has 0 saturated heterocycles. The molecule has 0 aliphatic heterocycles. The molecule has 1 heterocycles. The van der Waals surface area contributed by atoms with E-state index in [1.54, 1.807) is 12.1 Å². The van der Waals surface area contributed by atoms with Gasteiger partial charge in [0.1, 0.15) is 0 Å². The van der Waals surface area contributed by atoms with Crippen molar-refractivity contribution >= 4 is 13.3 Å². The van der Waals surface area contributed by atoms with Crippen LogP contribution in [-0.4, -0.2) is 13.1 Å². The molecule has 2 aromatic carbocycles. The average molecular weight is 345 g/mol. The molecule has 0 aliphatic carbocycles. The highest BCUT2D eigenvalue weighted by Crippen LogP contribution is 2.21. The van der Waals surface area contributed by atoms with Gasteiger partial charge in [-0.1, -0.05) is 62.1 Å². The number of nitriles is 1.